The molecule has 0 unspecified atom stereocenters. The summed E-state index contributed by atoms with van der Waals surface area (Å²) in [6.07, 6.45) is 1.39. The third-order valence-electron chi connectivity index (χ3n) is 3.34. The van der Waals surface area contributed by atoms with E-state index in [9.17, 15) is 9.59 Å². The van der Waals surface area contributed by atoms with Gasteiger partial charge in [-0.25, -0.2) is 0 Å². The second-order valence-corrected chi connectivity index (χ2v) is 5.31. The number of nitrogens with two attached hydrogens (primary N) is 1. The van der Waals surface area contributed by atoms with E-state index in [1.54, 1.807) is 11.0 Å². The second kappa shape index (κ2) is 6.85. The lowest BCUT2D eigenvalue weighted by molar-refractivity contribution is 0.0689. The van der Waals surface area contributed by atoms with Crippen LogP contribution in [0.5, 0.6) is 0 Å². The van der Waals surface area contributed by atoms with E-state index in [0.717, 1.165) is 5.56 Å². The van der Waals surface area contributed by atoms with Gasteiger partial charge in [0.15, 0.2) is 0 Å². The highest BCUT2D eigenvalue weighted by Gasteiger charge is 2.19. The van der Waals surface area contributed by atoms with Crippen molar-refractivity contribution in [3.63, 3.8) is 0 Å². The first-order valence-corrected chi connectivity index (χ1v) is 7.10. The summed E-state index contributed by atoms with van der Waals surface area (Å²) in [5, 5.41) is 0. The normalized spacial score (nSPS) is 10.5. The van der Waals surface area contributed by atoms with Crippen LogP contribution in [0.4, 0.5) is 0 Å². The Labute approximate surface area is 129 Å². The van der Waals surface area contributed by atoms with Gasteiger partial charge in [0.2, 0.25) is 0 Å². The molecule has 0 bridgehead atoms. The molecule has 22 heavy (non-hydrogen) atoms. The highest BCUT2D eigenvalue weighted by atomic mass is 16.2. The molecule has 0 aliphatic rings. The van der Waals surface area contributed by atoms with Gasteiger partial charge in [0.25, 0.3) is 11.8 Å². The van der Waals surface area contributed by atoms with Crippen molar-refractivity contribution in [2.45, 2.75) is 26.4 Å². The molecular formula is C17H19N3O2. The minimum atomic E-state index is -0.607. The number of aromatic nitrogens is 1. The van der Waals surface area contributed by atoms with E-state index in [4.69, 9.17) is 5.73 Å². The summed E-state index contributed by atoms with van der Waals surface area (Å²) in [6, 6.07) is 12.9. The van der Waals surface area contributed by atoms with E-state index in [2.05, 4.69) is 4.98 Å². The lowest BCUT2D eigenvalue weighted by Crippen LogP contribution is -2.36. The molecule has 0 spiro atoms. The number of primary amides is 1. The topological polar surface area (TPSA) is 76.3 Å². The van der Waals surface area contributed by atoms with E-state index in [1.165, 1.54) is 12.3 Å². The van der Waals surface area contributed by atoms with Gasteiger partial charge >= 0.3 is 0 Å². The van der Waals surface area contributed by atoms with E-state index in [0.29, 0.717) is 12.1 Å². The minimum Gasteiger partial charge on any atom is -0.364 e. The number of carbonyl (C=O) groups is 2. The van der Waals surface area contributed by atoms with Crippen molar-refractivity contribution >= 4 is 11.8 Å². The number of hydrogen-bond donors (Lipinski definition) is 1. The van der Waals surface area contributed by atoms with Crippen molar-refractivity contribution in [2.75, 3.05) is 0 Å². The minimum absolute atomic E-state index is 0.0449. The molecule has 1 aromatic heterocycles. The lowest BCUT2D eigenvalue weighted by atomic mass is 10.1. The standard InChI is InChI=1S/C17H19N3O2/c1-12(2)20(11-13-6-4-3-5-7-13)17(22)14-8-9-15(16(18)21)19-10-14/h3-10,12H,11H2,1-2H3,(H2,18,21). The average Bonchev–Trinajstić information content (AvgIpc) is 2.53. The zero-order chi connectivity index (χ0) is 16.1. The molecule has 0 atom stereocenters. The second-order valence-electron chi connectivity index (χ2n) is 5.31. The van der Waals surface area contributed by atoms with Crippen LogP contribution in [-0.4, -0.2) is 27.7 Å². The molecule has 2 amide bonds. The number of amides is 2. The zero-order valence-electron chi connectivity index (χ0n) is 12.7. The first-order valence-electron chi connectivity index (χ1n) is 7.10. The van der Waals surface area contributed by atoms with Crippen LogP contribution in [0.15, 0.2) is 48.7 Å². The molecule has 0 saturated carbocycles. The fourth-order valence-corrected chi connectivity index (χ4v) is 2.10. The maximum atomic E-state index is 12.6. The molecule has 0 aliphatic heterocycles. The maximum absolute atomic E-state index is 12.6. The van der Waals surface area contributed by atoms with Crippen molar-refractivity contribution in [1.82, 2.24) is 9.88 Å². The number of rotatable bonds is 5. The molecule has 0 fully saturated rings. The van der Waals surface area contributed by atoms with Crippen LogP contribution in [0.25, 0.3) is 0 Å². The van der Waals surface area contributed by atoms with Crippen molar-refractivity contribution < 1.29 is 9.59 Å². The maximum Gasteiger partial charge on any atom is 0.267 e. The molecule has 2 N–H and O–H groups in total. The van der Waals surface area contributed by atoms with Gasteiger partial charge in [-0.15, -0.1) is 0 Å². The van der Waals surface area contributed by atoms with Crippen LogP contribution in [0.1, 0.15) is 40.3 Å². The Balaban J connectivity index is 2.21. The van der Waals surface area contributed by atoms with Crippen LogP contribution in [-0.2, 0) is 6.54 Å². The van der Waals surface area contributed by atoms with Crippen molar-refractivity contribution in [1.29, 1.82) is 0 Å². The van der Waals surface area contributed by atoms with Gasteiger partial charge in [-0.3, -0.25) is 14.6 Å². The predicted octanol–water partition coefficient (Wildman–Crippen LogP) is 2.23. The molecule has 2 aromatic rings. The Morgan fingerprint density at radius 3 is 2.32 bits per heavy atom. The first kappa shape index (κ1) is 15.7. The molecule has 5 nitrogen and oxygen atoms in total. The third kappa shape index (κ3) is 3.69. The van der Waals surface area contributed by atoms with Gasteiger partial charge in [0.05, 0.1) is 5.56 Å². The smallest absolute Gasteiger partial charge is 0.267 e. The largest absolute Gasteiger partial charge is 0.364 e. The summed E-state index contributed by atoms with van der Waals surface area (Å²) < 4.78 is 0. The molecule has 114 valence electrons. The number of nitrogens with zero attached hydrogens (tertiary/aromatic N) is 2. The fraction of sp³-hybridized carbons (Fsp3) is 0.235. The Kier molecular flexibility index (Phi) is 4.88. The number of benzene rings is 1. The third-order valence-corrected chi connectivity index (χ3v) is 3.34. The monoisotopic (exact) mass is 297 g/mol. The molecule has 1 aromatic carbocycles. The molecule has 0 saturated heterocycles. The Morgan fingerprint density at radius 2 is 1.82 bits per heavy atom. The highest BCUT2D eigenvalue weighted by molar-refractivity contribution is 5.95. The van der Waals surface area contributed by atoms with Crippen LogP contribution in [0.2, 0.25) is 0 Å². The van der Waals surface area contributed by atoms with E-state index >= 15 is 0 Å². The number of carbonyl (C=O) groups excluding carboxylic acids is 2. The molecule has 2 rings (SSSR count). The van der Waals surface area contributed by atoms with Crippen molar-refractivity contribution in [2.24, 2.45) is 5.73 Å². The Bertz CT molecular complexity index is 651. The van der Waals surface area contributed by atoms with Crippen molar-refractivity contribution in [3.05, 3.63) is 65.5 Å². The number of hydrogen-bond acceptors (Lipinski definition) is 3. The lowest BCUT2D eigenvalue weighted by Gasteiger charge is -2.27. The summed E-state index contributed by atoms with van der Waals surface area (Å²) in [4.78, 5) is 29.4. The summed E-state index contributed by atoms with van der Waals surface area (Å²) in [5.41, 5.74) is 6.80. The first-order chi connectivity index (χ1) is 10.5. The van der Waals surface area contributed by atoms with Gasteiger partial charge in [-0.2, -0.15) is 0 Å². The van der Waals surface area contributed by atoms with Crippen LogP contribution in [0, 0.1) is 0 Å². The van der Waals surface area contributed by atoms with Crippen LogP contribution in [0.3, 0.4) is 0 Å². The number of pyridine rings is 1. The summed E-state index contributed by atoms with van der Waals surface area (Å²) in [5.74, 6) is -0.730. The van der Waals surface area contributed by atoms with Gasteiger partial charge in [0, 0.05) is 18.8 Å². The Morgan fingerprint density at radius 1 is 1.14 bits per heavy atom. The quantitative estimate of drug-likeness (QED) is 0.919. The highest BCUT2D eigenvalue weighted by Crippen LogP contribution is 2.13. The van der Waals surface area contributed by atoms with Crippen LogP contribution < -0.4 is 5.73 Å². The SMILES string of the molecule is CC(C)N(Cc1ccccc1)C(=O)c1ccc(C(N)=O)nc1. The predicted molar refractivity (Wildman–Crippen MR) is 84.2 cm³/mol. The van der Waals surface area contributed by atoms with Gasteiger partial charge in [-0.05, 0) is 31.5 Å². The zero-order valence-corrected chi connectivity index (χ0v) is 12.7. The van der Waals surface area contributed by atoms with Crippen LogP contribution >= 0.6 is 0 Å². The average molecular weight is 297 g/mol. The summed E-state index contributed by atoms with van der Waals surface area (Å²) >= 11 is 0. The van der Waals surface area contributed by atoms with E-state index < -0.39 is 5.91 Å². The van der Waals surface area contributed by atoms with Gasteiger partial charge in [0.1, 0.15) is 5.69 Å². The molecular weight excluding hydrogens is 278 g/mol. The molecule has 0 aliphatic carbocycles. The van der Waals surface area contributed by atoms with Gasteiger partial charge in [-0.1, -0.05) is 30.3 Å². The molecule has 5 heteroatoms. The fourth-order valence-electron chi connectivity index (χ4n) is 2.10. The van der Waals surface area contributed by atoms with E-state index in [1.807, 2.05) is 44.2 Å². The Hall–Kier alpha value is -2.69. The van der Waals surface area contributed by atoms with Crippen molar-refractivity contribution in [3.8, 4) is 0 Å². The summed E-state index contributed by atoms with van der Waals surface area (Å²) in [7, 11) is 0. The van der Waals surface area contributed by atoms with Gasteiger partial charge < -0.3 is 10.6 Å². The molecule has 0 radical (unpaired) electrons. The van der Waals surface area contributed by atoms with E-state index in [-0.39, 0.29) is 17.6 Å². The summed E-state index contributed by atoms with van der Waals surface area (Å²) in [6.45, 7) is 4.45. The molecule has 1 heterocycles.